The van der Waals surface area contributed by atoms with E-state index in [1.165, 1.54) is 0 Å². The zero-order valence-corrected chi connectivity index (χ0v) is 11.7. The molecule has 108 valence electrons. The molecule has 0 aromatic rings. The van der Waals surface area contributed by atoms with Crippen LogP contribution >= 0.6 is 0 Å². The highest BCUT2D eigenvalue weighted by atomic mass is 16.5. The van der Waals surface area contributed by atoms with Gasteiger partial charge in [-0.05, 0) is 26.2 Å². The maximum absolute atomic E-state index is 11.8. The van der Waals surface area contributed by atoms with Gasteiger partial charge in [0.2, 0.25) is 0 Å². The Bertz CT molecular complexity index is 390. The molecule has 3 N–H and O–H groups in total. The van der Waals surface area contributed by atoms with Gasteiger partial charge in [0.05, 0.1) is 6.10 Å². The summed E-state index contributed by atoms with van der Waals surface area (Å²) in [5.74, 6) is -0.956. The summed E-state index contributed by atoms with van der Waals surface area (Å²) in [4.78, 5) is 22.8. The molecule has 2 unspecified atom stereocenters. The monoisotopic (exact) mass is 270 g/mol. The Morgan fingerprint density at radius 3 is 2.42 bits per heavy atom. The van der Waals surface area contributed by atoms with Gasteiger partial charge in [-0.25, -0.2) is 9.59 Å². The van der Waals surface area contributed by atoms with E-state index in [2.05, 4.69) is 10.6 Å². The van der Waals surface area contributed by atoms with Gasteiger partial charge >= 0.3 is 12.0 Å². The Hall–Kier alpha value is -1.30. The Morgan fingerprint density at radius 1 is 1.37 bits per heavy atom. The third-order valence-corrected chi connectivity index (χ3v) is 4.36. The number of rotatable bonds is 5. The maximum Gasteiger partial charge on any atom is 0.329 e. The third-order valence-electron chi connectivity index (χ3n) is 4.36. The van der Waals surface area contributed by atoms with Crippen molar-refractivity contribution >= 4 is 12.0 Å². The van der Waals surface area contributed by atoms with Crippen molar-refractivity contribution in [2.24, 2.45) is 5.41 Å². The molecule has 0 heterocycles. The molecule has 0 aromatic carbocycles. The molecular weight excluding hydrogens is 248 g/mol. The fourth-order valence-electron chi connectivity index (χ4n) is 2.54. The Kier molecular flexibility index (Phi) is 3.47. The van der Waals surface area contributed by atoms with Crippen LogP contribution in [-0.4, -0.2) is 41.4 Å². The van der Waals surface area contributed by atoms with Gasteiger partial charge in [-0.1, -0.05) is 13.8 Å². The summed E-state index contributed by atoms with van der Waals surface area (Å²) in [5.41, 5.74) is -1.15. The summed E-state index contributed by atoms with van der Waals surface area (Å²) in [6.45, 7) is 6.71. The Balaban J connectivity index is 1.83. The van der Waals surface area contributed by atoms with E-state index in [0.717, 1.165) is 6.42 Å². The quantitative estimate of drug-likeness (QED) is 0.698. The summed E-state index contributed by atoms with van der Waals surface area (Å²) in [5, 5.41) is 14.4. The molecule has 2 aliphatic carbocycles. The second-order valence-corrected chi connectivity index (χ2v) is 6.04. The van der Waals surface area contributed by atoms with Gasteiger partial charge < -0.3 is 20.5 Å². The van der Waals surface area contributed by atoms with Crippen molar-refractivity contribution in [1.29, 1.82) is 0 Å². The van der Waals surface area contributed by atoms with Crippen LogP contribution in [0, 0.1) is 5.41 Å². The molecule has 6 heteroatoms. The number of hydrogen-bond donors (Lipinski definition) is 3. The fourth-order valence-corrected chi connectivity index (χ4v) is 2.54. The zero-order valence-electron chi connectivity index (χ0n) is 11.7. The number of carboxylic acid groups (broad SMARTS) is 1. The molecule has 0 aliphatic heterocycles. The van der Waals surface area contributed by atoms with Crippen LogP contribution in [0.2, 0.25) is 0 Å². The van der Waals surface area contributed by atoms with Crippen LogP contribution in [0.25, 0.3) is 0 Å². The van der Waals surface area contributed by atoms with Crippen LogP contribution in [0.5, 0.6) is 0 Å². The fraction of sp³-hybridized carbons (Fsp3) is 0.846. The van der Waals surface area contributed by atoms with Gasteiger partial charge in [-0.3, -0.25) is 0 Å². The normalized spacial score (nSPS) is 30.1. The number of hydrogen-bond acceptors (Lipinski definition) is 3. The smallest absolute Gasteiger partial charge is 0.329 e. The zero-order chi connectivity index (χ0) is 14.3. The molecule has 2 amide bonds. The minimum atomic E-state index is -1.03. The molecule has 2 saturated carbocycles. The van der Waals surface area contributed by atoms with Gasteiger partial charge in [0, 0.05) is 18.1 Å². The highest BCUT2D eigenvalue weighted by Crippen LogP contribution is 2.43. The van der Waals surface area contributed by atoms with Gasteiger partial charge in [0.1, 0.15) is 5.54 Å². The molecule has 2 aliphatic rings. The molecule has 2 rings (SSSR count). The van der Waals surface area contributed by atoms with Crippen LogP contribution in [0.4, 0.5) is 4.79 Å². The minimum Gasteiger partial charge on any atom is -0.480 e. The summed E-state index contributed by atoms with van der Waals surface area (Å²) in [6.07, 6.45) is 1.93. The number of amides is 2. The maximum atomic E-state index is 11.8. The number of urea groups is 1. The largest absolute Gasteiger partial charge is 0.480 e. The van der Waals surface area contributed by atoms with Crippen molar-refractivity contribution in [3.8, 4) is 0 Å². The highest BCUT2D eigenvalue weighted by molar-refractivity contribution is 5.89. The van der Waals surface area contributed by atoms with Crippen molar-refractivity contribution in [3.63, 3.8) is 0 Å². The SMILES string of the molecule is CCOC1CC(NC(=O)NC2(C(=O)O)CC2)C1(C)C. The van der Waals surface area contributed by atoms with Crippen molar-refractivity contribution in [2.75, 3.05) is 6.61 Å². The van der Waals surface area contributed by atoms with Crippen LogP contribution in [0.3, 0.4) is 0 Å². The summed E-state index contributed by atoms with van der Waals surface area (Å²) >= 11 is 0. The molecular formula is C13H22N2O4. The first-order valence-electron chi connectivity index (χ1n) is 6.75. The number of carbonyl (C=O) groups excluding carboxylic acids is 1. The predicted octanol–water partition coefficient (Wildman–Crippen LogP) is 1.11. The van der Waals surface area contributed by atoms with E-state index in [0.29, 0.717) is 19.4 Å². The molecule has 19 heavy (non-hydrogen) atoms. The number of nitrogens with one attached hydrogen (secondary N) is 2. The van der Waals surface area contributed by atoms with E-state index in [1.807, 2.05) is 20.8 Å². The lowest BCUT2D eigenvalue weighted by molar-refractivity contribution is -0.140. The van der Waals surface area contributed by atoms with Crippen LogP contribution in [0.15, 0.2) is 0 Å². The standard InChI is InChI=1S/C13H22N2O4/c1-4-19-9-7-8(12(9,2)3)14-11(18)15-13(5-6-13)10(16)17/h8-9H,4-7H2,1-3H3,(H,16,17)(H2,14,15,18). The average Bonchev–Trinajstić information content (AvgIpc) is 3.09. The first kappa shape index (κ1) is 14.1. The van der Waals surface area contributed by atoms with Gasteiger partial charge in [0.25, 0.3) is 0 Å². The average molecular weight is 270 g/mol. The number of carbonyl (C=O) groups is 2. The van der Waals surface area contributed by atoms with Crippen LogP contribution < -0.4 is 10.6 Å². The number of carboxylic acids is 1. The van der Waals surface area contributed by atoms with E-state index in [-0.39, 0.29) is 17.6 Å². The van der Waals surface area contributed by atoms with E-state index in [9.17, 15) is 9.59 Å². The first-order chi connectivity index (χ1) is 8.82. The molecule has 0 bridgehead atoms. The molecule has 0 aromatic heterocycles. The summed E-state index contributed by atoms with van der Waals surface area (Å²) < 4.78 is 5.59. The van der Waals surface area contributed by atoms with Crippen molar-refractivity contribution in [3.05, 3.63) is 0 Å². The number of aliphatic carboxylic acids is 1. The second kappa shape index (κ2) is 4.67. The van der Waals surface area contributed by atoms with Gasteiger partial charge in [0.15, 0.2) is 0 Å². The van der Waals surface area contributed by atoms with Crippen LogP contribution in [-0.2, 0) is 9.53 Å². The topological polar surface area (TPSA) is 87.7 Å². The van der Waals surface area contributed by atoms with Gasteiger partial charge in [-0.2, -0.15) is 0 Å². The lowest BCUT2D eigenvalue weighted by atomic mass is 9.64. The van der Waals surface area contributed by atoms with E-state index >= 15 is 0 Å². The molecule has 0 spiro atoms. The molecule has 0 saturated heterocycles. The van der Waals surface area contributed by atoms with Crippen molar-refractivity contribution in [2.45, 2.75) is 57.7 Å². The van der Waals surface area contributed by atoms with E-state index in [4.69, 9.17) is 9.84 Å². The second-order valence-electron chi connectivity index (χ2n) is 6.04. The lowest BCUT2D eigenvalue weighted by Crippen LogP contribution is -2.64. The highest BCUT2D eigenvalue weighted by Gasteiger charge is 2.53. The Labute approximate surface area is 112 Å². The van der Waals surface area contributed by atoms with Crippen LogP contribution in [0.1, 0.15) is 40.0 Å². The summed E-state index contributed by atoms with van der Waals surface area (Å²) in [7, 11) is 0. The minimum absolute atomic E-state index is 0.0219. The lowest BCUT2D eigenvalue weighted by Gasteiger charge is -2.51. The molecule has 0 radical (unpaired) electrons. The number of ether oxygens (including phenoxy) is 1. The third kappa shape index (κ3) is 2.54. The van der Waals surface area contributed by atoms with E-state index < -0.39 is 17.5 Å². The molecule has 2 fully saturated rings. The van der Waals surface area contributed by atoms with Crippen molar-refractivity contribution in [1.82, 2.24) is 10.6 Å². The summed E-state index contributed by atoms with van der Waals surface area (Å²) in [6, 6.07) is -0.374. The van der Waals surface area contributed by atoms with E-state index in [1.54, 1.807) is 0 Å². The van der Waals surface area contributed by atoms with Gasteiger partial charge in [-0.15, -0.1) is 0 Å². The molecule has 6 nitrogen and oxygen atoms in total. The van der Waals surface area contributed by atoms with Crippen molar-refractivity contribution < 1.29 is 19.4 Å². The Morgan fingerprint density at radius 2 is 2.00 bits per heavy atom. The predicted molar refractivity (Wildman–Crippen MR) is 68.9 cm³/mol. The molecule has 2 atom stereocenters. The first-order valence-corrected chi connectivity index (χ1v) is 6.75.